The van der Waals surface area contributed by atoms with Gasteiger partial charge in [0.2, 0.25) is 11.8 Å². The molecule has 156 valence electrons. The third-order valence-electron chi connectivity index (χ3n) is 4.22. The summed E-state index contributed by atoms with van der Waals surface area (Å²) >= 11 is 1.39. The number of carbonyl (C=O) groups is 1. The van der Waals surface area contributed by atoms with Crippen LogP contribution in [0.1, 0.15) is 33.6 Å². The van der Waals surface area contributed by atoms with Crippen LogP contribution >= 0.6 is 11.8 Å². The summed E-state index contributed by atoms with van der Waals surface area (Å²) in [7, 11) is 0. The van der Waals surface area contributed by atoms with Crippen molar-refractivity contribution in [2.45, 2.75) is 25.3 Å². The summed E-state index contributed by atoms with van der Waals surface area (Å²) < 4.78 is 45.7. The molecule has 0 aliphatic heterocycles. The van der Waals surface area contributed by atoms with Gasteiger partial charge < -0.3 is 10.1 Å². The Bertz CT molecular complexity index is 1100. The molecule has 0 spiro atoms. The molecule has 0 aliphatic carbocycles. The van der Waals surface area contributed by atoms with E-state index in [-0.39, 0.29) is 34.0 Å². The van der Waals surface area contributed by atoms with E-state index in [1.54, 1.807) is 12.1 Å². The SMILES string of the molecule is CSc1cc(NC(=O)c2c(Oc3ccc(F)nc3C)ncc(C(F)F)c2C)ccn1. The van der Waals surface area contributed by atoms with Gasteiger partial charge in [-0.1, -0.05) is 0 Å². The molecule has 0 bridgehead atoms. The van der Waals surface area contributed by atoms with Crippen molar-refractivity contribution < 1.29 is 22.7 Å². The molecule has 0 aromatic carbocycles. The molecule has 3 rings (SSSR count). The summed E-state index contributed by atoms with van der Waals surface area (Å²) in [5, 5.41) is 3.33. The summed E-state index contributed by atoms with van der Waals surface area (Å²) in [4.78, 5) is 24.7. The maximum Gasteiger partial charge on any atom is 0.265 e. The van der Waals surface area contributed by atoms with Crippen LogP contribution in [0.2, 0.25) is 0 Å². The van der Waals surface area contributed by atoms with E-state index in [9.17, 15) is 18.0 Å². The molecule has 0 radical (unpaired) electrons. The fourth-order valence-electron chi connectivity index (χ4n) is 2.68. The van der Waals surface area contributed by atoms with Gasteiger partial charge in [-0.05, 0) is 49.9 Å². The Hall–Kier alpha value is -3.14. The van der Waals surface area contributed by atoms with Crippen LogP contribution in [0.25, 0.3) is 0 Å². The van der Waals surface area contributed by atoms with Crippen molar-refractivity contribution in [3.63, 3.8) is 0 Å². The van der Waals surface area contributed by atoms with Gasteiger partial charge in [0, 0.05) is 23.6 Å². The molecule has 3 heterocycles. The molecule has 6 nitrogen and oxygen atoms in total. The van der Waals surface area contributed by atoms with Crippen LogP contribution in [0.3, 0.4) is 0 Å². The molecular weight excluding hydrogens is 417 g/mol. The first-order chi connectivity index (χ1) is 14.3. The zero-order valence-electron chi connectivity index (χ0n) is 16.2. The first-order valence-electron chi connectivity index (χ1n) is 8.70. The number of thioether (sulfide) groups is 1. The molecule has 1 N–H and O–H groups in total. The van der Waals surface area contributed by atoms with Gasteiger partial charge in [0.25, 0.3) is 12.3 Å². The van der Waals surface area contributed by atoms with Gasteiger partial charge in [-0.3, -0.25) is 4.79 Å². The van der Waals surface area contributed by atoms with Crippen molar-refractivity contribution in [1.29, 1.82) is 0 Å². The summed E-state index contributed by atoms with van der Waals surface area (Å²) in [5.74, 6) is -1.42. The molecule has 3 aromatic rings. The smallest absolute Gasteiger partial charge is 0.265 e. The molecule has 0 unspecified atom stereocenters. The Morgan fingerprint density at radius 2 is 1.97 bits per heavy atom. The highest BCUT2D eigenvalue weighted by Gasteiger charge is 2.24. The number of ether oxygens (including phenoxy) is 1. The van der Waals surface area contributed by atoms with E-state index >= 15 is 0 Å². The van der Waals surface area contributed by atoms with Gasteiger partial charge in [0.15, 0.2) is 5.75 Å². The summed E-state index contributed by atoms with van der Waals surface area (Å²) in [5.41, 5.74) is 0.142. The predicted octanol–water partition coefficient (Wildman–Crippen LogP) is 5.33. The molecule has 0 saturated heterocycles. The average Bonchev–Trinajstić information content (AvgIpc) is 2.70. The molecule has 10 heteroatoms. The number of hydrogen-bond donors (Lipinski definition) is 1. The number of alkyl halides is 2. The zero-order chi connectivity index (χ0) is 21.8. The van der Waals surface area contributed by atoms with Crippen LogP contribution < -0.4 is 10.1 Å². The third-order valence-corrected chi connectivity index (χ3v) is 4.86. The number of halogens is 3. The number of nitrogens with zero attached hydrogens (tertiary/aromatic N) is 3. The first kappa shape index (κ1) is 21.6. The largest absolute Gasteiger partial charge is 0.436 e. The van der Waals surface area contributed by atoms with Crippen LogP contribution in [0.4, 0.5) is 18.9 Å². The Labute approximate surface area is 174 Å². The lowest BCUT2D eigenvalue weighted by molar-refractivity contribution is 0.102. The van der Waals surface area contributed by atoms with Crippen molar-refractivity contribution in [3.8, 4) is 11.6 Å². The Balaban J connectivity index is 2.03. The monoisotopic (exact) mass is 434 g/mol. The van der Waals surface area contributed by atoms with Crippen molar-refractivity contribution in [2.24, 2.45) is 0 Å². The minimum Gasteiger partial charge on any atom is -0.436 e. The second-order valence-corrected chi connectivity index (χ2v) is 7.01. The quantitative estimate of drug-likeness (QED) is 0.417. The average molecular weight is 434 g/mol. The van der Waals surface area contributed by atoms with E-state index < -0.39 is 18.3 Å². The van der Waals surface area contributed by atoms with Crippen LogP contribution in [0, 0.1) is 19.8 Å². The van der Waals surface area contributed by atoms with Gasteiger partial charge in [0.1, 0.15) is 5.56 Å². The van der Waals surface area contributed by atoms with Gasteiger partial charge in [-0.2, -0.15) is 4.39 Å². The third kappa shape index (κ3) is 4.70. The highest BCUT2D eigenvalue weighted by Crippen LogP contribution is 2.33. The van der Waals surface area contributed by atoms with Crippen LogP contribution in [-0.4, -0.2) is 27.1 Å². The summed E-state index contributed by atoms with van der Waals surface area (Å²) in [6, 6.07) is 5.64. The Morgan fingerprint density at radius 3 is 2.63 bits per heavy atom. The van der Waals surface area contributed by atoms with E-state index in [4.69, 9.17) is 4.74 Å². The lowest BCUT2D eigenvalue weighted by Crippen LogP contribution is -2.17. The molecule has 1 amide bonds. The van der Waals surface area contributed by atoms with Gasteiger partial charge >= 0.3 is 0 Å². The van der Waals surface area contributed by atoms with Crippen molar-refractivity contribution in [3.05, 3.63) is 65.0 Å². The number of pyridine rings is 3. The number of amides is 1. The minimum atomic E-state index is -2.82. The topological polar surface area (TPSA) is 77.0 Å². The molecule has 3 aromatic heterocycles. The lowest BCUT2D eigenvalue weighted by Gasteiger charge is -2.16. The Kier molecular flexibility index (Phi) is 6.56. The summed E-state index contributed by atoms with van der Waals surface area (Å²) in [6.45, 7) is 2.90. The molecule has 30 heavy (non-hydrogen) atoms. The normalized spacial score (nSPS) is 10.9. The highest BCUT2D eigenvalue weighted by atomic mass is 32.2. The summed E-state index contributed by atoms with van der Waals surface area (Å²) in [6.07, 6.45) is 1.49. The van der Waals surface area contributed by atoms with Crippen LogP contribution in [0.5, 0.6) is 11.6 Å². The van der Waals surface area contributed by atoms with Crippen LogP contribution in [-0.2, 0) is 0 Å². The second-order valence-electron chi connectivity index (χ2n) is 6.18. The van der Waals surface area contributed by atoms with E-state index in [1.165, 1.54) is 37.9 Å². The lowest BCUT2D eigenvalue weighted by atomic mass is 10.0. The fraction of sp³-hybridized carbons (Fsp3) is 0.200. The van der Waals surface area contributed by atoms with Crippen LogP contribution in [0.15, 0.2) is 41.7 Å². The van der Waals surface area contributed by atoms with Crippen molar-refractivity contribution in [2.75, 3.05) is 11.6 Å². The number of carbonyl (C=O) groups excluding carboxylic acids is 1. The van der Waals surface area contributed by atoms with Gasteiger partial charge in [-0.25, -0.2) is 23.7 Å². The molecular formula is C20H17F3N4O2S. The number of aromatic nitrogens is 3. The maximum atomic E-state index is 13.4. The van der Waals surface area contributed by atoms with Crippen molar-refractivity contribution >= 4 is 23.4 Å². The number of aryl methyl sites for hydroxylation is 1. The molecule has 0 aliphatic rings. The maximum absolute atomic E-state index is 13.4. The second kappa shape index (κ2) is 9.12. The fourth-order valence-corrected chi connectivity index (χ4v) is 3.09. The minimum absolute atomic E-state index is 0.0272. The van der Waals surface area contributed by atoms with E-state index in [1.807, 2.05) is 6.26 Å². The highest BCUT2D eigenvalue weighted by molar-refractivity contribution is 7.98. The van der Waals surface area contributed by atoms with E-state index in [0.29, 0.717) is 10.7 Å². The van der Waals surface area contributed by atoms with Gasteiger partial charge in [-0.15, -0.1) is 11.8 Å². The molecule has 0 saturated carbocycles. The Morgan fingerprint density at radius 1 is 1.20 bits per heavy atom. The molecule has 0 fully saturated rings. The van der Waals surface area contributed by atoms with E-state index in [0.717, 1.165) is 12.3 Å². The zero-order valence-corrected chi connectivity index (χ0v) is 17.1. The predicted molar refractivity (Wildman–Crippen MR) is 107 cm³/mol. The number of rotatable bonds is 6. The number of anilines is 1. The van der Waals surface area contributed by atoms with Crippen molar-refractivity contribution in [1.82, 2.24) is 15.0 Å². The molecule has 0 atom stereocenters. The number of hydrogen-bond acceptors (Lipinski definition) is 6. The standard InChI is InChI=1S/C20H17F3N4O2S/c1-10-13(18(22)23)9-25-20(29-14-4-5-15(21)26-11(14)2)17(10)19(28)27-12-6-7-24-16(8-12)30-3/h4-9,18H,1-3H3,(H,24,27,28). The van der Waals surface area contributed by atoms with Gasteiger partial charge in [0.05, 0.1) is 10.7 Å². The number of nitrogens with one attached hydrogen (secondary N) is 1. The van der Waals surface area contributed by atoms with E-state index in [2.05, 4.69) is 20.3 Å². The first-order valence-corrected chi connectivity index (χ1v) is 9.92.